The molecular weight excluding hydrogens is 272 g/mol. The van der Waals surface area contributed by atoms with Crippen LogP contribution in [0.1, 0.15) is 30.9 Å². The van der Waals surface area contributed by atoms with Gasteiger partial charge >= 0.3 is 0 Å². The average Bonchev–Trinajstić information content (AvgIpc) is 2.59. The lowest BCUT2D eigenvalue weighted by atomic mass is 9.95. The molecule has 0 aliphatic heterocycles. The normalized spacial score (nSPS) is 14.1. The van der Waals surface area contributed by atoms with E-state index >= 15 is 0 Å². The Morgan fingerprint density at radius 2 is 1.59 bits per heavy atom. The maximum atomic E-state index is 5.91. The fourth-order valence-electron chi connectivity index (χ4n) is 2.36. The van der Waals surface area contributed by atoms with Gasteiger partial charge in [-0.15, -0.1) is 0 Å². The van der Waals surface area contributed by atoms with E-state index in [1.54, 1.807) is 0 Å². The first kappa shape index (κ1) is 16.5. The lowest BCUT2D eigenvalue weighted by Gasteiger charge is -2.22. The Labute approximate surface area is 133 Å². The van der Waals surface area contributed by atoms with E-state index in [4.69, 9.17) is 9.47 Å². The molecule has 2 nitrogen and oxygen atoms in total. The van der Waals surface area contributed by atoms with Gasteiger partial charge in [0, 0.05) is 5.92 Å². The number of benzene rings is 2. The zero-order valence-corrected chi connectivity index (χ0v) is 13.3. The van der Waals surface area contributed by atoms with Crippen molar-refractivity contribution in [2.24, 2.45) is 0 Å². The van der Waals surface area contributed by atoms with Crippen LogP contribution in [0.3, 0.4) is 0 Å². The maximum absolute atomic E-state index is 5.91. The number of rotatable bonds is 8. The van der Waals surface area contributed by atoms with Crippen LogP contribution >= 0.6 is 0 Å². The van der Waals surface area contributed by atoms with Gasteiger partial charge < -0.3 is 9.47 Å². The summed E-state index contributed by atoms with van der Waals surface area (Å²) in [7, 11) is 0. The summed E-state index contributed by atoms with van der Waals surface area (Å²) in [5.74, 6) is 0.290. The van der Waals surface area contributed by atoms with Crippen LogP contribution in [-0.4, -0.2) is 12.9 Å². The molecule has 116 valence electrons. The summed E-state index contributed by atoms with van der Waals surface area (Å²) in [6, 6.07) is 20.6. The zero-order chi connectivity index (χ0) is 15.6. The van der Waals surface area contributed by atoms with E-state index < -0.39 is 0 Å². The SMILES string of the molecule is C/C=C/[C@H](OCOCc1ccccc1)[C@H](C)c1ccccc1. The lowest BCUT2D eigenvalue weighted by Crippen LogP contribution is -2.19. The number of hydrogen-bond donors (Lipinski definition) is 0. The highest BCUT2D eigenvalue weighted by Gasteiger charge is 2.16. The summed E-state index contributed by atoms with van der Waals surface area (Å²) in [6.45, 7) is 5.06. The Morgan fingerprint density at radius 3 is 2.23 bits per heavy atom. The standard InChI is InChI=1S/C20H24O2/c1-3-10-20(17(2)19-13-8-5-9-14-19)22-16-21-15-18-11-6-4-7-12-18/h3-14,17,20H,15-16H2,1-2H3/b10-3+/t17-,20+/m1/s1. The second-order valence-electron chi connectivity index (χ2n) is 5.31. The van der Waals surface area contributed by atoms with Crippen LogP contribution in [0.15, 0.2) is 72.8 Å². The summed E-state index contributed by atoms with van der Waals surface area (Å²) in [4.78, 5) is 0. The van der Waals surface area contributed by atoms with E-state index in [1.807, 2.05) is 37.3 Å². The molecular formula is C20H24O2. The third-order valence-electron chi connectivity index (χ3n) is 3.66. The van der Waals surface area contributed by atoms with E-state index in [2.05, 4.69) is 49.4 Å². The molecule has 0 aliphatic rings. The van der Waals surface area contributed by atoms with Crippen molar-refractivity contribution in [3.8, 4) is 0 Å². The molecule has 0 radical (unpaired) electrons. The molecule has 2 aromatic rings. The highest BCUT2D eigenvalue weighted by molar-refractivity contribution is 5.21. The summed E-state index contributed by atoms with van der Waals surface area (Å²) >= 11 is 0. The van der Waals surface area contributed by atoms with Crippen molar-refractivity contribution in [2.45, 2.75) is 32.5 Å². The van der Waals surface area contributed by atoms with Crippen molar-refractivity contribution in [3.05, 3.63) is 83.9 Å². The van der Waals surface area contributed by atoms with Gasteiger partial charge in [-0.05, 0) is 18.1 Å². The van der Waals surface area contributed by atoms with Crippen molar-refractivity contribution in [2.75, 3.05) is 6.79 Å². The molecule has 0 spiro atoms. The highest BCUT2D eigenvalue weighted by Crippen LogP contribution is 2.22. The minimum Gasteiger partial charge on any atom is -0.351 e. The molecule has 2 rings (SSSR count). The lowest BCUT2D eigenvalue weighted by molar-refractivity contribution is -0.0874. The molecule has 22 heavy (non-hydrogen) atoms. The highest BCUT2D eigenvalue weighted by atomic mass is 16.7. The molecule has 2 aromatic carbocycles. The average molecular weight is 296 g/mol. The van der Waals surface area contributed by atoms with Crippen LogP contribution in [0.4, 0.5) is 0 Å². The van der Waals surface area contributed by atoms with Gasteiger partial charge in [0.25, 0.3) is 0 Å². The third kappa shape index (κ3) is 5.14. The monoisotopic (exact) mass is 296 g/mol. The summed E-state index contributed by atoms with van der Waals surface area (Å²) in [6.07, 6.45) is 4.13. The van der Waals surface area contributed by atoms with Crippen molar-refractivity contribution >= 4 is 0 Å². The molecule has 0 saturated carbocycles. The van der Waals surface area contributed by atoms with Gasteiger partial charge in [-0.25, -0.2) is 0 Å². The molecule has 0 amide bonds. The van der Waals surface area contributed by atoms with Gasteiger partial charge in [-0.3, -0.25) is 0 Å². The van der Waals surface area contributed by atoms with Crippen molar-refractivity contribution in [3.63, 3.8) is 0 Å². The Balaban J connectivity index is 1.84. The van der Waals surface area contributed by atoms with Crippen molar-refractivity contribution in [1.82, 2.24) is 0 Å². The Kier molecular flexibility index (Phi) is 6.88. The Morgan fingerprint density at radius 1 is 0.955 bits per heavy atom. The molecule has 0 fully saturated rings. The first-order valence-electron chi connectivity index (χ1n) is 7.72. The molecule has 2 atom stereocenters. The number of allylic oxidation sites excluding steroid dienone is 1. The quantitative estimate of drug-likeness (QED) is 0.391. The van der Waals surface area contributed by atoms with Gasteiger partial charge in [0.1, 0.15) is 6.79 Å². The van der Waals surface area contributed by atoms with Crippen LogP contribution in [0.25, 0.3) is 0 Å². The molecule has 0 N–H and O–H groups in total. The molecule has 0 saturated heterocycles. The van der Waals surface area contributed by atoms with Gasteiger partial charge in [-0.1, -0.05) is 79.7 Å². The largest absolute Gasteiger partial charge is 0.351 e. The van der Waals surface area contributed by atoms with E-state index in [9.17, 15) is 0 Å². The second-order valence-corrected chi connectivity index (χ2v) is 5.31. The molecule has 0 bridgehead atoms. The number of hydrogen-bond acceptors (Lipinski definition) is 2. The first-order valence-corrected chi connectivity index (χ1v) is 7.72. The smallest absolute Gasteiger partial charge is 0.148 e. The van der Waals surface area contributed by atoms with Gasteiger partial charge in [0.05, 0.1) is 12.7 Å². The van der Waals surface area contributed by atoms with E-state index in [1.165, 1.54) is 5.56 Å². The zero-order valence-electron chi connectivity index (χ0n) is 13.3. The van der Waals surface area contributed by atoms with Crippen LogP contribution in [0, 0.1) is 0 Å². The van der Waals surface area contributed by atoms with Gasteiger partial charge in [-0.2, -0.15) is 0 Å². The predicted molar refractivity (Wildman–Crippen MR) is 90.6 cm³/mol. The van der Waals surface area contributed by atoms with E-state index in [0.717, 1.165) is 5.56 Å². The second kappa shape index (κ2) is 9.19. The molecule has 0 aliphatic carbocycles. The molecule has 2 heteroatoms. The maximum Gasteiger partial charge on any atom is 0.148 e. The minimum atomic E-state index is 0.0168. The minimum absolute atomic E-state index is 0.0168. The summed E-state index contributed by atoms with van der Waals surface area (Å²) < 4.78 is 11.5. The van der Waals surface area contributed by atoms with Gasteiger partial charge in [0.15, 0.2) is 0 Å². The fourth-order valence-corrected chi connectivity index (χ4v) is 2.36. The van der Waals surface area contributed by atoms with Gasteiger partial charge in [0.2, 0.25) is 0 Å². The predicted octanol–water partition coefficient (Wildman–Crippen LogP) is 4.93. The molecule has 0 unspecified atom stereocenters. The van der Waals surface area contributed by atoms with E-state index in [0.29, 0.717) is 13.4 Å². The van der Waals surface area contributed by atoms with Crippen molar-refractivity contribution in [1.29, 1.82) is 0 Å². The summed E-state index contributed by atoms with van der Waals surface area (Å²) in [5.41, 5.74) is 2.43. The van der Waals surface area contributed by atoms with Crippen LogP contribution < -0.4 is 0 Å². The van der Waals surface area contributed by atoms with Crippen molar-refractivity contribution < 1.29 is 9.47 Å². The molecule has 0 aromatic heterocycles. The van der Waals surface area contributed by atoms with Crippen LogP contribution in [0.2, 0.25) is 0 Å². The fraction of sp³-hybridized carbons (Fsp3) is 0.300. The topological polar surface area (TPSA) is 18.5 Å². The van der Waals surface area contributed by atoms with Crippen LogP contribution in [0.5, 0.6) is 0 Å². The Hall–Kier alpha value is -1.90. The third-order valence-corrected chi connectivity index (χ3v) is 3.66. The number of ether oxygens (including phenoxy) is 2. The Bertz CT molecular complexity index is 548. The van der Waals surface area contributed by atoms with Crippen LogP contribution in [-0.2, 0) is 16.1 Å². The molecule has 0 heterocycles. The first-order chi connectivity index (χ1) is 10.8. The van der Waals surface area contributed by atoms with E-state index in [-0.39, 0.29) is 12.0 Å². The summed E-state index contributed by atoms with van der Waals surface area (Å²) in [5, 5.41) is 0.